The number of carbonyl (C=O) groups is 1. The maximum absolute atomic E-state index is 11.7. The van der Waals surface area contributed by atoms with Crippen LogP contribution in [0, 0.1) is 5.41 Å². The fraction of sp³-hybridized carbons (Fsp3) is 0.667. The van der Waals surface area contributed by atoms with Crippen LogP contribution in [0.2, 0.25) is 0 Å². The number of aromatic nitrogens is 2. The topological polar surface area (TPSA) is 64.3 Å². The van der Waals surface area contributed by atoms with Crippen LogP contribution in [-0.2, 0) is 17.2 Å². The molecule has 1 aliphatic rings. The third-order valence-corrected chi connectivity index (χ3v) is 3.98. The SMILES string of the molecule is COC(=O)c1cnn(C)c1C1(CO)CC1(C)C. The van der Waals surface area contributed by atoms with Crippen LogP contribution >= 0.6 is 0 Å². The highest BCUT2D eigenvalue weighted by Gasteiger charge is 2.64. The molecular weight excluding hydrogens is 220 g/mol. The van der Waals surface area contributed by atoms with Crippen LogP contribution in [0.25, 0.3) is 0 Å². The van der Waals surface area contributed by atoms with Crippen LogP contribution < -0.4 is 0 Å². The van der Waals surface area contributed by atoms with Gasteiger partial charge in [-0.1, -0.05) is 13.8 Å². The van der Waals surface area contributed by atoms with Gasteiger partial charge in [-0.05, 0) is 11.8 Å². The Morgan fingerprint density at radius 2 is 2.24 bits per heavy atom. The fourth-order valence-electron chi connectivity index (χ4n) is 2.72. The molecule has 0 saturated heterocycles. The maximum atomic E-state index is 11.7. The molecule has 5 nitrogen and oxygen atoms in total. The highest BCUT2D eigenvalue weighted by atomic mass is 16.5. The Balaban J connectivity index is 2.53. The van der Waals surface area contributed by atoms with Crippen molar-refractivity contribution >= 4 is 5.97 Å². The minimum Gasteiger partial charge on any atom is -0.465 e. The van der Waals surface area contributed by atoms with Crippen molar-refractivity contribution in [2.75, 3.05) is 13.7 Å². The molecule has 0 spiro atoms. The zero-order valence-electron chi connectivity index (χ0n) is 10.6. The number of carbonyl (C=O) groups excluding carboxylic acids is 1. The van der Waals surface area contributed by atoms with Gasteiger partial charge in [0.2, 0.25) is 0 Å². The summed E-state index contributed by atoms with van der Waals surface area (Å²) in [5.41, 5.74) is 0.839. The van der Waals surface area contributed by atoms with E-state index in [-0.39, 0.29) is 17.4 Å². The Labute approximate surface area is 100 Å². The summed E-state index contributed by atoms with van der Waals surface area (Å²) in [6.45, 7) is 4.18. The predicted octanol–water partition coefficient (Wildman–Crippen LogP) is 0.867. The number of aliphatic hydroxyl groups excluding tert-OH is 1. The highest BCUT2D eigenvalue weighted by Crippen LogP contribution is 2.64. The molecule has 0 bridgehead atoms. The van der Waals surface area contributed by atoms with E-state index in [2.05, 4.69) is 18.9 Å². The van der Waals surface area contributed by atoms with Gasteiger partial charge in [0.1, 0.15) is 5.56 Å². The van der Waals surface area contributed by atoms with E-state index >= 15 is 0 Å². The average molecular weight is 238 g/mol. The van der Waals surface area contributed by atoms with Gasteiger partial charge in [0.15, 0.2) is 0 Å². The van der Waals surface area contributed by atoms with Gasteiger partial charge < -0.3 is 9.84 Å². The number of hydrogen-bond acceptors (Lipinski definition) is 4. The lowest BCUT2D eigenvalue weighted by molar-refractivity contribution is 0.0597. The molecule has 0 radical (unpaired) electrons. The lowest BCUT2D eigenvalue weighted by Gasteiger charge is -2.19. The predicted molar refractivity (Wildman–Crippen MR) is 61.7 cm³/mol. The first-order valence-electron chi connectivity index (χ1n) is 5.61. The number of hydrogen-bond donors (Lipinski definition) is 1. The van der Waals surface area contributed by atoms with Crippen LogP contribution in [0.15, 0.2) is 6.20 Å². The smallest absolute Gasteiger partial charge is 0.341 e. The minimum atomic E-state index is -0.399. The fourth-order valence-corrected chi connectivity index (χ4v) is 2.72. The van der Waals surface area contributed by atoms with Crippen molar-refractivity contribution in [2.24, 2.45) is 12.5 Å². The molecule has 94 valence electrons. The molecule has 1 unspecified atom stereocenters. The Morgan fingerprint density at radius 3 is 2.65 bits per heavy atom. The van der Waals surface area contributed by atoms with E-state index in [1.54, 1.807) is 11.7 Å². The van der Waals surface area contributed by atoms with E-state index in [1.807, 2.05) is 0 Å². The zero-order valence-corrected chi connectivity index (χ0v) is 10.6. The largest absolute Gasteiger partial charge is 0.465 e. The van der Waals surface area contributed by atoms with Crippen molar-refractivity contribution in [2.45, 2.75) is 25.7 Å². The first kappa shape index (κ1) is 12.1. The van der Waals surface area contributed by atoms with Crippen molar-refractivity contribution in [1.29, 1.82) is 0 Å². The lowest BCUT2D eigenvalue weighted by atomic mass is 9.90. The Bertz CT molecular complexity index is 464. The normalized spacial score (nSPS) is 25.7. The summed E-state index contributed by atoms with van der Waals surface area (Å²) >= 11 is 0. The lowest BCUT2D eigenvalue weighted by Crippen LogP contribution is -2.25. The number of ether oxygens (including phenoxy) is 1. The van der Waals surface area contributed by atoms with Gasteiger partial charge in [-0.3, -0.25) is 4.68 Å². The maximum Gasteiger partial charge on any atom is 0.341 e. The van der Waals surface area contributed by atoms with Crippen molar-refractivity contribution in [3.8, 4) is 0 Å². The van der Waals surface area contributed by atoms with Crippen molar-refractivity contribution < 1.29 is 14.6 Å². The van der Waals surface area contributed by atoms with E-state index in [9.17, 15) is 9.90 Å². The van der Waals surface area contributed by atoms with E-state index < -0.39 is 5.97 Å². The Hall–Kier alpha value is -1.36. The van der Waals surface area contributed by atoms with Crippen molar-refractivity contribution in [3.63, 3.8) is 0 Å². The van der Waals surface area contributed by atoms with Crippen molar-refractivity contribution in [3.05, 3.63) is 17.5 Å². The molecule has 0 aliphatic heterocycles. The molecule has 1 saturated carbocycles. The molecule has 17 heavy (non-hydrogen) atoms. The Kier molecular flexibility index (Phi) is 2.54. The number of rotatable bonds is 3. The van der Waals surface area contributed by atoms with E-state index in [0.717, 1.165) is 12.1 Å². The molecule has 0 amide bonds. The first-order chi connectivity index (χ1) is 7.89. The third kappa shape index (κ3) is 1.49. The molecule has 1 heterocycles. The molecule has 1 N–H and O–H groups in total. The van der Waals surface area contributed by atoms with Gasteiger partial charge in [-0.2, -0.15) is 5.10 Å². The summed E-state index contributed by atoms with van der Waals surface area (Å²) < 4.78 is 6.42. The summed E-state index contributed by atoms with van der Waals surface area (Å²) in [7, 11) is 3.14. The van der Waals surface area contributed by atoms with E-state index in [4.69, 9.17) is 4.74 Å². The first-order valence-corrected chi connectivity index (χ1v) is 5.61. The molecule has 1 aromatic heterocycles. The molecular formula is C12H18N2O3. The minimum absolute atomic E-state index is 0.0156. The summed E-state index contributed by atoms with van der Waals surface area (Å²) in [5, 5.41) is 13.8. The highest BCUT2D eigenvalue weighted by molar-refractivity contribution is 5.91. The number of aliphatic hydroxyl groups is 1. The molecule has 1 aliphatic carbocycles. The van der Waals surface area contributed by atoms with Gasteiger partial charge in [0.25, 0.3) is 0 Å². The van der Waals surface area contributed by atoms with E-state index in [0.29, 0.717) is 5.56 Å². The molecule has 2 rings (SSSR count). The van der Waals surface area contributed by atoms with Gasteiger partial charge in [0, 0.05) is 12.5 Å². The zero-order chi connectivity index (χ0) is 12.8. The van der Waals surface area contributed by atoms with Crippen LogP contribution in [0.4, 0.5) is 0 Å². The van der Waals surface area contributed by atoms with Crippen LogP contribution in [-0.4, -0.2) is 34.6 Å². The second-order valence-electron chi connectivity index (χ2n) is 5.32. The summed E-state index contributed by atoms with van der Waals surface area (Å²) in [6, 6.07) is 0. The van der Waals surface area contributed by atoms with E-state index in [1.165, 1.54) is 13.3 Å². The van der Waals surface area contributed by atoms with Gasteiger partial charge in [0.05, 0.1) is 25.6 Å². The number of nitrogens with zero attached hydrogens (tertiary/aromatic N) is 2. The van der Waals surface area contributed by atoms with Crippen LogP contribution in [0.1, 0.15) is 36.3 Å². The second kappa shape index (κ2) is 3.57. The molecule has 1 fully saturated rings. The van der Waals surface area contributed by atoms with Crippen LogP contribution in [0.5, 0.6) is 0 Å². The van der Waals surface area contributed by atoms with Gasteiger partial charge in [-0.15, -0.1) is 0 Å². The van der Waals surface area contributed by atoms with Gasteiger partial charge >= 0.3 is 5.97 Å². The average Bonchev–Trinajstić information content (AvgIpc) is 2.65. The standard InChI is InChI=1S/C12H18N2O3/c1-11(2)6-12(11,7-15)9-8(10(16)17-4)5-13-14(9)3/h5,15H,6-7H2,1-4H3. The summed E-state index contributed by atoms with van der Waals surface area (Å²) in [5.74, 6) is -0.399. The Morgan fingerprint density at radius 1 is 1.65 bits per heavy atom. The number of aryl methyl sites for hydroxylation is 1. The van der Waals surface area contributed by atoms with Crippen molar-refractivity contribution in [1.82, 2.24) is 9.78 Å². The molecule has 5 heteroatoms. The van der Waals surface area contributed by atoms with Gasteiger partial charge in [-0.25, -0.2) is 4.79 Å². The summed E-state index contributed by atoms with van der Waals surface area (Å²) in [4.78, 5) is 11.7. The second-order valence-corrected chi connectivity index (χ2v) is 5.32. The van der Waals surface area contributed by atoms with Crippen LogP contribution in [0.3, 0.4) is 0 Å². The monoisotopic (exact) mass is 238 g/mol. The molecule has 0 aromatic carbocycles. The number of esters is 1. The molecule has 1 atom stereocenters. The quantitative estimate of drug-likeness (QED) is 0.793. The number of methoxy groups -OCH3 is 1. The third-order valence-electron chi connectivity index (χ3n) is 3.98. The summed E-state index contributed by atoms with van der Waals surface area (Å²) in [6.07, 6.45) is 2.35. The molecule has 1 aromatic rings.